The molecule has 2 aromatic rings. The van der Waals surface area contributed by atoms with Crippen molar-refractivity contribution in [2.24, 2.45) is 0 Å². The van der Waals surface area contributed by atoms with E-state index in [2.05, 4.69) is 5.32 Å². The third-order valence-corrected chi connectivity index (χ3v) is 3.31. The van der Waals surface area contributed by atoms with Gasteiger partial charge in [0.25, 0.3) is 0 Å². The highest BCUT2D eigenvalue weighted by atomic mass is 35.5. The maximum Gasteiger partial charge on any atom is 0.160 e. The summed E-state index contributed by atoms with van der Waals surface area (Å²) in [4.78, 5) is 0. The first-order chi connectivity index (χ1) is 11.6. The van der Waals surface area contributed by atoms with Crippen molar-refractivity contribution in [3.05, 3.63) is 42.5 Å². The van der Waals surface area contributed by atoms with Crippen LogP contribution >= 0.6 is 37.2 Å². The molecule has 2 aromatic carbocycles. The van der Waals surface area contributed by atoms with E-state index in [-0.39, 0.29) is 49.6 Å². The van der Waals surface area contributed by atoms with Crippen LogP contribution in [0.5, 0.6) is 17.2 Å². The molecule has 0 heterocycles. The molecule has 0 spiro atoms. The van der Waals surface area contributed by atoms with Crippen molar-refractivity contribution in [2.75, 3.05) is 37.8 Å². The Labute approximate surface area is 177 Å². The third kappa shape index (κ3) is 9.12. The van der Waals surface area contributed by atoms with Gasteiger partial charge in [0.15, 0.2) is 11.5 Å². The van der Waals surface area contributed by atoms with Crippen LogP contribution < -0.4 is 26.3 Å². The second-order valence-electron chi connectivity index (χ2n) is 5.24. The lowest BCUT2D eigenvalue weighted by atomic mass is 10.2. The van der Waals surface area contributed by atoms with Crippen LogP contribution in [0.2, 0.25) is 0 Å². The number of hydrogen-bond donors (Lipinski definition) is 5. The predicted octanol–water partition coefficient (Wildman–Crippen LogP) is 2.23. The molecule has 0 aliphatic heterocycles. The number of para-hydroxylation sites is 3. The minimum Gasteiger partial charge on any atom is -0.504 e. The van der Waals surface area contributed by atoms with E-state index >= 15 is 0 Å². The summed E-state index contributed by atoms with van der Waals surface area (Å²) in [6, 6.07) is 11.9. The van der Waals surface area contributed by atoms with Gasteiger partial charge in [-0.2, -0.15) is 0 Å². The van der Waals surface area contributed by atoms with E-state index in [0.29, 0.717) is 42.6 Å². The molecule has 27 heavy (non-hydrogen) atoms. The quantitative estimate of drug-likeness (QED) is 0.298. The van der Waals surface area contributed by atoms with Crippen molar-refractivity contribution in [2.45, 2.75) is 6.10 Å². The Morgan fingerprint density at radius 3 is 2.30 bits per heavy atom. The van der Waals surface area contributed by atoms with Gasteiger partial charge in [0.1, 0.15) is 25.1 Å². The molecule has 0 aliphatic carbocycles. The fraction of sp³-hybridized carbons (Fsp3) is 0.294. The van der Waals surface area contributed by atoms with E-state index in [1.807, 2.05) is 0 Å². The molecule has 0 fully saturated rings. The van der Waals surface area contributed by atoms with Crippen LogP contribution in [0.3, 0.4) is 0 Å². The maximum absolute atomic E-state index is 9.89. The molecule has 1 unspecified atom stereocenters. The Bertz CT molecular complexity index is 665. The minimum atomic E-state index is -0.698. The van der Waals surface area contributed by atoms with Crippen molar-refractivity contribution >= 4 is 48.6 Å². The number of aliphatic hydroxyl groups excluding tert-OH is 1. The topological polar surface area (TPSA) is 123 Å². The van der Waals surface area contributed by atoms with Crippen molar-refractivity contribution < 1.29 is 19.7 Å². The molecule has 154 valence electrons. The summed E-state index contributed by atoms with van der Waals surface area (Å²) in [6.07, 6.45) is -0.698. The number of phenolic OH excluding ortho intramolecular Hbond substituents is 1. The fourth-order valence-corrected chi connectivity index (χ4v) is 2.01. The highest BCUT2D eigenvalue weighted by Gasteiger charge is 2.08. The van der Waals surface area contributed by atoms with Gasteiger partial charge in [0, 0.05) is 13.1 Å². The summed E-state index contributed by atoms with van der Waals surface area (Å²) >= 11 is 0. The van der Waals surface area contributed by atoms with Gasteiger partial charge in [0.05, 0.1) is 11.4 Å². The van der Waals surface area contributed by atoms with Gasteiger partial charge >= 0.3 is 0 Å². The zero-order valence-corrected chi connectivity index (χ0v) is 17.0. The first-order valence-electron chi connectivity index (χ1n) is 7.64. The Hall–Kier alpha value is -1.77. The minimum absolute atomic E-state index is 0. The molecule has 0 radical (unpaired) electrons. The van der Waals surface area contributed by atoms with Crippen LogP contribution in [0.15, 0.2) is 42.5 Å². The van der Waals surface area contributed by atoms with E-state index in [1.165, 1.54) is 0 Å². The van der Waals surface area contributed by atoms with Gasteiger partial charge in [-0.05, 0) is 24.3 Å². The lowest BCUT2D eigenvalue weighted by Gasteiger charge is -2.15. The van der Waals surface area contributed by atoms with E-state index < -0.39 is 6.10 Å². The van der Waals surface area contributed by atoms with Crippen LogP contribution in [0.1, 0.15) is 0 Å². The van der Waals surface area contributed by atoms with Gasteiger partial charge in [-0.1, -0.05) is 18.2 Å². The number of halogens is 3. The molecular formula is C17H26Cl3N3O4. The molecule has 0 saturated heterocycles. The Morgan fingerprint density at radius 1 is 0.926 bits per heavy atom. The number of ether oxygens (including phenoxy) is 2. The number of nitrogens with two attached hydrogens (primary N) is 2. The van der Waals surface area contributed by atoms with Crippen LogP contribution in [-0.2, 0) is 0 Å². The fourth-order valence-electron chi connectivity index (χ4n) is 2.01. The standard InChI is InChI=1S/C17H23N3O4.3ClH/c18-13-4-3-7-16(17(13)19)24-11-12(21)10-20-8-9-23-15-6-2-1-5-14(15)22;;;/h1-7,12,20-22H,8-11,18-19H2;3*1H. The first-order valence-corrected chi connectivity index (χ1v) is 7.64. The second kappa shape index (κ2) is 14.3. The molecule has 1 atom stereocenters. The molecule has 7 nitrogen and oxygen atoms in total. The molecule has 2 rings (SSSR count). The summed E-state index contributed by atoms with van der Waals surface area (Å²) in [5.41, 5.74) is 12.3. The van der Waals surface area contributed by atoms with Gasteiger partial charge in [-0.15, -0.1) is 37.2 Å². The summed E-state index contributed by atoms with van der Waals surface area (Å²) in [5, 5.41) is 22.5. The van der Waals surface area contributed by atoms with E-state index in [9.17, 15) is 10.2 Å². The van der Waals surface area contributed by atoms with Crippen molar-refractivity contribution in [3.8, 4) is 17.2 Å². The summed E-state index contributed by atoms with van der Waals surface area (Å²) < 4.78 is 10.9. The smallest absolute Gasteiger partial charge is 0.160 e. The Balaban J connectivity index is 0. The van der Waals surface area contributed by atoms with E-state index in [4.69, 9.17) is 20.9 Å². The van der Waals surface area contributed by atoms with Crippen LogP contribution in [0, 0.1) is 0 Å². The van der Waals surface area contributed by atoms with Crippen molar-refractivity contribution in [1.82, 2.24) is 5.32 Å². The lowest BCUT2D eigenvalue weighted by Crippen LogP contribution is -2.33. The van der Waals surface area contributed by atoms with Crippen LogP contribution in [0.25, 0.3) is 0 Å². The number of aliphatic hydroxyl groups is 1. The van der Waals surface area contributed by atoms with Gasteiger partial charge in [0.2, 0.25) is 0 Å². The Kier molecular flexibility index (Phi) is 14.5. The van der Waals surface area contributed by atoms with Crippen LogP contribution in [0.4, 0.5) is 11.4 Å². The molecule has 0 aliphatic rings. The van der Waals surface area contributed by atoms with Gasteiger partial charge in [-0.25, -0.2) is 0 Å². The van der Waals surface area contributed by atoms with Crippen molar-refractivity contribution in [3.63, 3.8) is 0 Å². The zero-order valence-electron chi connectivity index (χ0n) is 14.5. The van der Waals surface area contributed by atoms with E-state index in [1.54, 1.807) is 42.5 Å². The third-order valence-electron chi connectivity index (χ3n) is 3.31. The number of nitrogens with one attached hydrogen (secondary N) is 1. The zero-order chi connectivity index (χ0) is 17.4. The summed E-state index contributed by atoms with van der Waals surface area (Å²) in [6.45, 7) is 1.33. The number of anilines is 2. The van der Waals surface area contributed by atoms with Gasteiger partial charge < -0.3 is 36.5 Å². The molecular weight excluding hydrogens is 417 g/mol. The summed E-state index contributed by atoms with van der Waals surface area (Å²) in [5.74, 6) is 0.989. The molecule has 10 heteroatoms. The van der Waals surface area contributed by atoms with Gasteiger partial charge in [-0.3, -0.25) is 0 Å². The lowest BCUT2D eigenvalue weighted by molar-refractivity contribution is 0.106. The SMILES string of the molecule is Cl.Cl.Cl.Nc1cccc(OCC(O)CNCCOc2ccccc2O)c1N. The highest BCUT2D eigenvalue weighted by molar-refractivity contribution is 5.86. The average molecular weight is 443 g/mol. The molecule has 7 N–H and O–H groups in total. The number of nitrogen functional groups attached to an aromatic ring is 2. The number of hydrogen-bond acceptors (Lipinski definition) is 7. The monoisotopic (exact) mass is 441 g/mol. The first kappa shape index (κ1) is 27.4. The number of rotatable bonds is 9. The summed E-state index contributed by atoms with van der Waals surface area (Å²) in [7, 11) is 0. The largest absolute Gasteiger partial charge is 0.504 e. The van der Waals surface area contributed by atoms with Crippen LogP contribution in [-0.4, -0.2) is 42.6 Å². The molecule has 0 amide bonds. The Morgan fingerprint density at radius 2 is 1.59 bits per heavy atom. The van der Waals surface area contributed by atoms with E-state index in [0.717, 1.165) is 0 Å². The average Bonchev–Trinajstić information content (AvgIpc) is 2.57. The van der Waals surface area contributed by atoms with Crippen molar-refractivity contribution in [1.29, 1.82) is 0 Å². The molecule has 0 aromatic heterocycles. The number of phenols is 1. The number of aromatic hydroxyl groups is 1. The second-order valence-corrected chi connectivity index (χ2v) is 5.24. The normalized spacial score (nSPS) is 10.6. The highest BCUT2D eigenvalue weighted by Crippen LogP contribution is 2.26. The predicted molar refractivity (Wildman–Crippen MR) is 115 cm³/mol. The molecule has 0 bridgehead atoms. The molecule has 0 saturated carbocycles. The maximum atomic E-state index is 9.89. The number of benzene rings is 2.